The SMILES string of the molecule is Cl.Cl.O=C(CC1CSCCN1)Nc1ccc(CCN2CCCC2)cc1. The van der Waals surface area contributed by atoms with Crippen LogP contribution in [0.25, 0.3) is 0 Å². The summed E-state index contributed by atoms with van der Waals surface area (Å²) in [5.74, 6) is 2.29. The lowest BCUT2D eigenvalue weighted by Gasteiger charge is -2.22. The summed E-state index contributed by atoms with van der Waals surface area (Å²) in [6.45, 7) is 4.66. The van der Waals surface area contributed by atoms with E-state index in [4.69, 9.17) is 0 Å². The largest absolute Gasteiger partial charge is 0.326 e. The van der Waals surface area contributed by atoms with Gasteiger partial charge in [-0.15, -0.1) is 24.8 Å². The number of rotatable bonds is 6. The zero-order valence-corrected chi connectivity index (χ0v) is 17.0. The third kappa shape index (κ3) is 7.75. The predicted octanol–water partition coefficient (Wildman–Crippen LogP) is 3.20. The van der Waals surface area contributed by atoms with Crippen molar-refractivity contribution in [1.29, 1.82) is 0 Å². The number of halogens is 2. The van der Waals surface area contributed by atoms with E-state index in [0.717, 1.165) is 36.7 Å². The highest BCUT2D eigenvalue weighted by molar-refractivity contribution is 7.99. The van der Waals surface area contributed by atoms with Gasteiger partial charge in [0.05, 0.1) is 0 Å². The van der Waals surface area contributed by atoms with Crippen LogP contribution in [0, 0.1) is 0 Å². The van der Waals surface area contributed by atoms with E-state index in [1.165, 1.54) is 31.5 Å². The summed E-state index contributed by atoms with van der Waals surface area (Å²) >= 11 is 1.92. The summed E-state index contributed by atoms with van der Waals surface area (Å²) in [4.78, 5) is 14.6. The molecule has 1 aromatic rings. The summed E-state index contributed by atoms with van der Waals surface area (Å²) in [7, 11) is 0. The molecule has 1 aromatic carbocycles. The fraction of sp³-hybridized carbons (Fsp3) is 0.611. The summed E-state index contributed by atoms with van der Waals surface area (Å²) in [5, 5.41) is 6.42. The molecule has 2 aliphatic heterocycles. The minimum absolute atomic E-state index is 0. The molecule has 2 fully saturated rings. The molecule has 3 rings (SSSR count). The molecule has 1 amide bonds. The molecule has 142 valence electrons. The van der Waals surface area contributed by atoms with Gasteiger partial charge in [0, 0.05) is 42.7 Å². The normalized spacial score (nSPS) is 20.4. The molecular weight excluding hydrogens is 377 g/mol. The summed E-state index contributed by atoms with van der Waals surface area (Å²) in [6, 6.07) is 8.65. The van der Waals surface area contributed by atoms with Gasteiger partial charge in [0.25, 0.3) is 0 Å². The number of hydrogen-bond acceptors (Lipinski definition) is 4. The molecule has 4 nitrogen and oxygen atoms in total. The Morgan fingerprint density at radius 3 is 2.56 bits per heavy atom. The maximum absolute atomic E-state index is 12.1. The van der Waals surface area contributed by atoms with Gasteiger partial charge >= 0.3 is 0 Å². The minimum Gasteiger partial charge on any atom is -0.326 e. The monoisotopic (exact) mass is 405 g/mol. The van der Waals surface area contributed by atoms with Crippen LogP contribution in [0.1, 0.15) is 24.8 Å². The molecule has 1 unspecified atom stereocenters. The second-order valence-corrected chi connectivity index (χ2v) is 7.62. The third-order valence-corrected chi connectivity index (χ3v) is 5.71. The molecule has 0 spiro atoms. The average molecular weight is 406 g/mol. The molecule has 2 saturated heterocycles. The third-order valence-electron chi connectivity index (χ3n) is 4.58. The van der Waals surface area contributed by atoms with Gasteiger partial charge in [-0.05, 0) is 50.0 Å². The first-order chi connectivity index (χ1) is 11.3. The van der Waals surface area contributed by atoms with Crippen molar-refractivity contribution in [3.63, 3.8) is 0 Å². The predicted molar refractivity (Wildman–Crippen MR) is 113 cm³/mol. The lowest BCUT2D eigenvalue weighted by Crippen LogP contribution is -2.39. The zero-order valence-electron chi connectivity index (χ0n) is 14.5. The molecule has 7 heteroatoms. The van der Waals surface area contributed by atoms with Gasteiger partial charge < -0.3 is 15.5 Å². The van der Waals surface area contributed by atoms with Gasteiger partial charge in [0.15, 0.2) is 0 Å². The van der Waals surface area contributed by atoms with Crippen LogP contribution in [-0.2, 0) is 11.2 Å². The van der Waals surface area contributed by atoms with Gasteiger partial charge in [-0.3, -0.25) is 4.79 Å². The number of amides is 1. The second-order valence-electron chi connectivity index (χ2n) is 6.47. The van der Waals surface area contributed by atoms with Crippen LogP contribution in [0.4, 0.5) is 5.69 Å². The standard InChI is InChI=1S/C18H27N3OS.2ClH/c22-18(13-17-14-23-12-8-19-17)20-16-5-3-15(4-6-16)7-11-21-9-1-2-10-21;;/h3-6,17,19H,1-2,7-14H2,(H,20,22);2*1H. The van der Waals surface area contributed by atoms with Crippen LogP contribution < -0.4 is 10.6 Å². The second kappa shape index (κ2) is 12.0. The Bertz CT molecular complexity index is 504. The first-order valence-electron chi connectivity index (χ1n) is 8.72. The van der Waals surface area contributed by atoms with E-state index in [1.807, 2.05) is 23.9 Å². The molecule has 0 bridgehead atoms. The smallest absolute Gasteiger partial charge is 0.225 e. The molecule has 2 heterocycles. The molecule has 2 N–H and O–H groups in total. The number of likely N-dealkylation sites (tertiary alicyclic amines) is 1. The lowest BCUT2D eigenvalue weighted by atomic mass is 10.1. The molecule has 0 aromatic heterocycles. The number of nitrogens with zero attached hydrogens (tertiary/aromatic N) is 1. The maximum atomic E-state index is 12.1. The Balaban J connectivity index is 0.00000156. The quantitative estimate of drug-likeness (QED) is 0.762. The van der Waals surface area contributed by atoms with Crippen LogP contribution in [0.5, 0.6) is 0 Å². The number of nitrogens with one attached hydrogen (secondary N) is 2. The van der Waals surface area contributed by atoms with Gasteiger partial charge in [-0.1, -0.05) is 12.1 Å². The molecule has 25 heavy (non-hydrogen) atoms. The van der Waals surface area contributed by atoms with Gasteiger partial charge in [0.1, 0.15) is 0 Å². The molecule has 0 radical (unpaired) electrons. The summed E-state index contributed by atoms with van der Waals surface area (Å²) in [6.07, 6.45) is 4.35. The number of hydrogen-bond donors (Lipinski definition) is 2. The highest BCUT2D eigenvalue weighted by Gasteiger charge is 2.16. The number of benzene rings is 1. The van der Waals surface area contributed by atoms with Crippen LogP contribution >= 0.6 is 36.6 Å². The minimum atomic E-state index is 0. The van der Waals surface area contributed by atoms with Crippen molar-refractivity contribution in [1.82, 2.24) is 10.2 Å². The maximum Gasteiger partial charge on any atom is 0.225 e. The van der Waals surface area contributed by atoms with Crippen LogP contribution in [0.3, 0.4) is 0 Å². The van der Waals surface area contributed by atoms with E-state index in [9.17, 15) is 4.79 Å². The Kier molecular flexibility index (Phi) is 10.9. The summed E-state index contributed by atoms with van der Waals surface area (Å²) < 4.78 is 0. The van der Waals surface area contributed by atoms with Gasteiger partial charge in [-0.2, -0.15) is 11.8 Å². The van der Waals surface area contributed by atoms with Crippen molar-refractivity contribution >= 4 is 48.2 Å². The number of carbonyl (C=O) groups is 1. The Labute approximate surface area is 167 Å². The van der Waals surface area contributed by atoms with Crippen molar-refractivity contribution < 1.29 is 4.79 Å². The van der Waals surface area contributed by atoms with Crippen LogP contribution in [0.15, 0.2) is 24.3 Å². The summed E-state index contributed by atoms with van der Waals surface area (Å²) in [5.41, 5.74) is 2.25. The van der Waals surface area contributed by atoms with E-state index in [0.29, 0.717) is 12.5 Å². The lowest BCUT2D eigenvalue weighted by molar-refractivity contribution is -0.116. The topological polar surface area (TPSA) is 44.4 Å². The van der Waals surface area contributed by atoms with Crippen LogP contribution in [0.2, 0.25) is 0 Å². The van der Waals surface area contributed by atoms with Crippen molar-refractivity contribution in [2.24, 2.45) is 0 Å². The number of carbonyl (C=O) groups excluding carboxylic acids is 1. The van der Waals surface area contributed by atoms with Crippen molar-refractivity contribution in [2.75, 3.05) is 43.0 Å². The highest BCUT2D eigenvalue weighted by Crippen LogP contribution is 2.14. The van der Waals surface area contributed by atoms with E-state index >= 15 is 0 Å². The molecule has 2 aliphatic rings. The van der Waals surface area contributed by atoms with Crippen molar-refractivity contribution in [3.8, 4) is 0 Å². The fourth-order valence-corrected chi connectivity index (χ4v) is 4.18. The molecule has 0 saturated carbocycles. The number of thioether (sulfide) groups is 1. The number of anilines is 1. The average Bonchev–Trinajstić information content (AvgIpc) is 3.08. The van der Waals surface area contributed by atoms with E-state index in [-0.39, 0.29) is 30.7 Å². The first kappa shape index (κ1) is 22.6. The Morgan fingerprint density at radius 2 is 1.92 bits per heavy atom. The van der Waals surface area contributed by atoms with Gasteiger partial charge in [-0.25, -0.2) is 0 Å². The Morgan fingerprint density at radius 1 is 1.20 bits per heavy atom. The Hall–Kier alpha value is -0.460. The van der Waals surface area contributed by atoms with Gasteiger partial charge in [0.2, 0.25) is 5.91 Å². The van der Waals surface area contributed by atoms with Crippen molar-refractivity contribution in [3.05, 3.63) is 29.8 Å². The van der Waals surface area contributed by atoms with E-state index in [2.05, 4.69) is 27.7 Å². The van der Waals surface area contributed by atoms with Crippen LogP contribution in [-0.4, -0.2) is 54.5 Å². The van der Waals surface area contributed by atoms with E-state index in [1.54, 1.807) is 0 Å². The van der Waals surface area contributed by atoms with E-state index < -0.39 is 0 Å². The molecule has 1 atom stereocenters. The first-order valence-corrected chi connectivity index (χ1v) is 9.87. The fourth-order valence-electron chi connectivity index (χ4n) is 3.23. The highest BCUT2D eigenvalue weighted by atomic mass is 35.5. The molecule has 0 aliphatic carbocycles. The molecular formula is C18H29Cl2N3OS. The van der Waals surface area contributed by atoms with Crippen molar-refractivity contribution in [2.45, 2.75) is 31.7 Å². The zero-order chi connectivity index (χ0) is 15.9.